The monoisotopic (exact) mass is 513 g/mol. The molecular formula is C24H26F3NO6S. The molecule has 11 heteroatoms. The fourth-order valence-corrected chi connectivity index (χ4v) is 4.26. The number of ketones is 1. The van der Waals surface area contributed by atoms with E-state index in [1.165, 1.54) is 36.6 Å². The molecule has 0 aliphatic heterocycles. The molecule has 0 aliphatic carbocycles. The Labute approximate surface area is 203 Å². The van der Waals surface area contributed by atoms with Crippen molar-refractivity contribution in [3.63, 3.8) is 0 Å². The highest BCUT2D eigenvalue weighted by atomic mass is 32.1. The third-order valence-corrected chi connectivity index (χ3v) is 6.13. The average molecular weight is 514 g/mol. The Hall–Kier alpha value is -3.34. The summed E-state index contributed by atoms with van der Waals surface area (Å²) in [4.78, 5) is 37.0. The number of amides is 1. The van der Waals surface area contributed by atoms with Crippen LogP contribution in [0.1, 0.15) is 71.3 Å². The molecule has 1 atom stereocenters. The predicted molar refractivity (Wildman–Crippen MR) is 126 cm³/mol. The lowest BCUT2D eigenvalue weighted by atomic mass is 10.00. The molecule has 35 heavy (non-hydrogen) atoms. The van der Waals surface area contributed by atoms with Crippen molar-refractivity contribution in [3.8, 4) is 5.75 Å². The summed E-state index contributed by atoms with van der Waals surface area (Å²) in [5.41, 5.74) is -1.32. The second-order valence-electron chi connectivity index (χ2n) is 7.96. The number of allylic oxidation sites excluding steroid dienone is 2. The molecule has 2 aromatic heterocycles. The normalized spacial score (nSPS) is 13.2. The van der Waals surface area contributed by atoms with E-state index in [4.69, 9.17) is 9.52 Å². The molecule has 0 radical (unpaired) electrons. The maximum atomic E-state index is 12.8. The summed E-state index contributed by atoms with van der Waals surface area (Å²) in [5.74, 6) is -1.33. The summed E-state index contributed by atoms with van der Waals surface area (Å²) >= 11 is 1.25. The lowest BCUT2D eigenvalue weighted by Crippen LogP contribution is -2.16. The van der Waals surface area contributed by atoms with Crippen LogP contribution in [0, 0.1) is 0 Å². The van der Waals surface area contributed by atoms with Crippen molar-refractivity contribution in [1.29, 1.82) is 0 Å². The molecule has 2 heterocycles. The van der Waals surface area contributed by atoms with Crippen molar-refractivity contribution in [2.24, 2.45) is 0 Å². The quantitative estimate of drug-likeness (QED) is 0.242. The fourth-order valence-electron chi connectivity index (χ4n) is 3.20. The van der Waals surface area contributed by atoms with Gasteiger partial charge in [-0.2, -0.15) is 13.2 Å². The molecule has 2 rings (SSSR count). The Morgan fingerprint density at radius 1 is 1.29 bits per heavy atom. The molecule has 1 unspecified atom stereocenters. The van der Waals surface area contributed by atoms with Gasteiger partial charge in [-0.25, -0.2) is 9.59 Å². The molecule has 0 aliphatic rings. The fraction of sp³-hybridized carbons (Fsp3) is 0.375. The number of Topliss-reactive ketones (excluding diaryl/α,β-unsaturated/α-hetero) is 1. The van der Waals surface area contributed by atoms with E-state index in [9.17, 15) is 32.7 Å². The minimum Gasteiger partial charge on any atom is -0.507 e. The van der Waals surface area contributed by atoms with Crippen LogP contribution in [0.3, 0.4) is 0 Å². The molecule has 190 valence electrons. The second kappa shape index (κ2) is 12.4. The van der Waals surface area contributed by atoms with Gasteiger partial charge in [0.2, 0.25) is 0 Å². The Kier molecular flexibility index (Phi) is 9.88. The number of carboxylic acid groups (broad SMARTS) is 1. The molecule has 0 spiro atoms. The van der Waals surface area contributed by atoms with Crippen molar-refractivity contribution >= 4 is 29.3 Å². The zero-order valence-corrected chi connectivity index (χ0v) is 20.0. The van der Waals surface area contributed by atoms with Gasteiger partial charge in [-0.3, -0.25) is 10.1 Å². The molecule has 0 fully saturated rings. The van der Waals surface area contributed by atoms with Crippen molar-refractivity contribution in [1.82, 2.24) is 5.32 Å². The molecule has 0 saturated carbocycles. The highest BCUT2D eigenvalue weighted by molar-refractivity contribution is 7.12. The predicted octanol–water partition coefficient (Wildman–Crippen LogP) is 6.24. The molecule has 1 amide bonds. The van der Waals surface area contributed by atoms with Crippen LogP contribution in [0.2, 0.25) is 0 Å². The van der Waals surface area contributed by atoms with E-state index in [0.29, 0.717) is 17.7 Å². The minimum atomic E-state index is -4.20. The molecule has 2 aromatic rings. The third kappa shape index (κ3) is 9.08. The van der Waals surface area contributed by atoms with Crippen LogP contribution in [0.4, 0.5) is 18.0 Å². The molecule has 0 bridgehead atoms. The van der Waals surface area contributed by atoms with E-state index >= 15 is 0 Å². The van der Waals surface area contributed by atoms with Gasteiger partial charge in [0.05, 0.1) is 0 Å². The first-order valence-electron chi connectivity index (χ1n) is 10.8. The number of aryl methyl sites for hydroxylation is 1. The number of carbonyl (C=O) groups is 2. The summed E-state index contributed by atoms with van der Waals surface area (Å²) in [7, 11) is 0. The van der Waals surface area contributed by atoms with Crippen LogP contribution in [-0.4, -0.2) is 28.3 Å². The largest absolute Gasteiger partial charge is 0.507 e. The number of aromatic hydroxyl groups is 1. The highest BCUT2D eigenvalue weighted by Crippen LogP contribution is 2.28. The molecule has 7 nitrogen and oxygen atoms in total. The number of alkyl halides is 3. The second-order valence-corrected chi connectivity index (χ2v) is 9.16. The van der Waals surface area contributed by atoms with Gasteiger partial charge in [0, 0.05) is 34.4 Å². The number of thiophene rings is 1. The number of carbonyl (C=O) groups excluding carboxylic acids is 1. The Morgan fingerprint density at radius 2 is 2.00 bits per heavy atom. The summed E-state index contributed by atoms with van der Waals surface area (Å²) < 4.78 is 42.2. The smallest absolute Gasteiger partial charge is 0.408 e. The number of rotatable bonds is 11. The van der Waals surface area contributed by atoms with E-state index < -0.39 is 41.4 Å². The van der Waals surface area contributed by atoms with E-state index in [2.05, 4.69) is 5.32 Å². The van der Waals surface area contributed by atoms with Crippen molar-refractivity contribution in [3.05, 3.63) is 67.5 Å². The van der Waals surface area contributed by atoms with Gasteiger partial charge in [0.1, 0.15) is 17.1 Å². The van der Waals surface area contributed by atoms with E-state index in [1.807, 2.05) is 0 Å². The number of halogens is 3. The lowest BCUT2D eigenvalue weighted by Gasteiger charge is -2.11. The topological polar surface area (TPSA) is 117 Å². The molecule has 0 aromatic carbocycles. The first-order chi connectivity index (χ1) is 16.4. The van der Waals surface area contributed by atoms with Gasteiger partial charge in [0.25, 0.3) is 0 Å². The van der Waals surface area contributed by atoms with Crippen LogP contribution in [-0.2, 0) is 6.42 Å². The maximum Gasteiger partial charge on any atom is 0.408 e. The number of hydrogen-bond donors (Lipinski definition) is 3. The summed E-state index contributed by atoms with van der Waals surface area (Å²) in [6.45, 7) is 3.23. The van der Waals surface area contributed by atoms with Gasteiger partial charge in [-0.15, -0.1) is 11.3 Å². The van der Waals surface area contributed by atoms with Crippen LogP contribution in [0.5, 0.6) is 5.75 Å². The van der Waals surface area contributed by atoms with Crippen molar-refractivity contribution < 1.29 is 37.4 Å². The van der Waals surface area contributed by atoms with Crippen LogP contribution >= 0.6 is 11.3 Å². The van der Waals surface area contributed by atoms with Crippen LogP contribution < -0.4 is 10.9 Å². The Balaban J connectivity index is 2.07. The van der Waals surface area contributed by atoms with Crippen molar-refractivity contribution in [2.75, 3.05) is 0 Å². The van der Waals surface area contributed by atoms with Crippen LogP contribution in [0.15, 0.2) is 45.3 Å². The zero-order chi connectivity index (χ0) is 26.2. The van der Waals surface area contributed by atoms with Gasteiger partial charge in [-0.05, 0) is 56.4 Å². The summed E-state index contributed by atoms with van der Waals surface area (Å²) in [5, 5.41) is 20.9. The molecule has 3 N–H and O–H groups in total. The summed E-state index contributed by atoms with van der Waals surface area (Å²) in [6.07, 6.45) is -0.654. The van der Waals surface area contributed by atoms with Crippen LogP contribution in [0.25, 0.3) is 6.08 Å². The van der Waals surface area contributed by atoms with Gasteiger partial charge >= 0.3 is 17.9 Å². The molecular weight excluding hydrogens is 487 g/mol. The SMILES string of the molecule is CC(=Cc1ccc(CCCC(F)(F)F)s1)C(=O)c1c(O)cc(C(C)CC/C=C/NC(=O)O)oc1=O. The number of hydrogen-bond acceptors (Lipinski definition) is 6. The first-order valence-corrected chi connectivity index (χ1v) is 11.6. The Bertz CT molecular complexity index is 1160. The highest BCUT2D eigenvalue weighted by Gasteiger charge is 2.26. The van der Waals surface area contributed by atoms with Gasteiger partial charge in [-0.1, -0.05) is 13.0 Å². The lowest BCUT2D eigenvalue weighted by molar-refractivity contribution is -0.135. The standard InChI is InChI=1S/C24H26F3NO6S/c1-14(6-3-4-11-28-23(32)33)19-13-18(29)20(22(31)34-19)21(30)15(2)12-17-9-8-16(35-17)7-5-10-24(25,26)27/h4,8-9,11-14,28-29H,3,5-7,10H2,1-2H3,(H,32,33)/b11-4+,15-12?. The first kappa shape index (κ1) is 27.9. The maximum absolute atomic E-state index is 12.8. The number of nitrogens with one attached hydrogen (secondary N) is 1. The van der Waals surface area contributed by atoms with E-state index in [0.717, 1.165) is 4.88 Å². The third-order valence-electron chi connectivity index (χ3n) is 5.04. The minimum absolute atomic E-state index is 0.0275. The molecule has 0 saturated heterocycles. The Morgan fingerprint density at radius 3 is 2.63 bits per heavy atom. The summed E-state index contributed by atoms with van der Waals surface area (Å²) in [6, 6.07) is 4.59. The van der Waals surface area contributed by atoms with Crippen molar-refractivity contribution in [2.45, 2.75) is 58.0 Å². The van der Waals surface area contributed by atoms with E-state index in [-0.39, 0.29) is 30.1 Å². The van der Waals surface area contributed by atoms with Gasteiger partial charge in [0.15, 0.2) is 5.78 Å². The zero-order valence-electron chi connectivity index (χ0n) is 19.1. The average Bonchev–Trinajstić information content (AvgIpc) is 3.18. The van der Waals surface area contributed by atoms with E-state index in [1.54, 1.807) is 25.1 Å². The van der Waals surface area contributed by atoms with Gasteiger partial charge < -0.3 is 14.6 Å².